The number of nitrogens with zero attached hydrogens (tertiary/aromatic N) is 2. The van der Waals surface area contributed by atoms with Crippen LogP contribution in [-0.4, -0.2) is 57.2 Å². The van der Waals surface area contributed by atoms with E-state index in [1.807, 2.05) is 0 Å². The van der Waals surface area contributed by atoms with Crippen molar-refractivity contribution >= 4 is 21.8 Å². The first kappa shape index (κ1) is 19.7. The molecule has 0 radical (unpaired) electrons. The maximum Gasteiger partial charge on any atom is 0.269 e. The zero-order chi connectivity index (χ0) is 20.5. The molecule has 1 heterocycles. The molecule has 9 heteroatoms. The second-order valence-electron chi connectivity index (χ2n) is 6.25. The molecule has 2 aromatic rings. The number of hydrogen-bond donors (Lipinski definition) is 0. The molecule has 0 fully saturated rings. The summed E-state index contributed by atoms with van der Waals surface area (Å²) < 4.78 is 36.2. The highest BCUT2D eigenvalue weighted by molar-refractivity contribution is 7.90. The molecule has 0 N–H and O–H groups in total. The largest absolute Gasteiger partial charge is 0.493 e. The zero-order valence-corrected chi connectivity index (χ0v) is 16.5. The Morgan fingerprint density at radius 3 is 2.39 bits per heavy atom. The van der Waals surface area contributed by atoms with Gasteiger partial charge in [-0.2, -0.15) is 0 Å². The molecule has 0 bridgehead atoms. The Hall–Kier alpha value is -3.07. The molecule has 28 heavy (non-hydrogen) atoms. The van der Waals surface area contributed by atoms with Gasteiger partial charge in [0.1, 0.15) is 11.4 Å². The summed E-state index contributed by atoms with van der Waals surface area (Å²) in [5.41, 5.74) is 0.852. The molecule has 0 aromatic heterocycles. The van der Waals surface area contributed by atoms with Gasteiger partial charge in [-0.25, -0.2) is 12.7 Å². The first-order valence-corrected chi connectivity index (χ1v) is 9.84. The van der Waals surface area contributed by atoms with Gasteiger partial charge in [0.2, 0.25) is 5.91 Å². The highest BCUT2D eigenvalue weighted by Crippen LogP contribution is 2.30. The predicted octanol–water partition coefficient (Wildman–Crippen LogP) is 1.51. The van der Waals surface area contributed by atoms with Crippen molar-refractivity contribution in [3.63, 3.8) is 0 Å². The van der Waals surface area contributed by atoms with Gasteiger partial charge >= 0.3 is 0 Å². The maximum atomic E-state index is 12.6. The third-order valence-corrected chi connectivity index (χ3v) is 6.27. The SMILES string of the molecule is COc1ccc(CN(C)C(=O)CN2C(=O)c3ccccc3S2(=O)=O)cc1OC. The van der Waals surface area contributed by atoms with Crippen molar-refractivity contribution in [2.45, 2.75) is 11.4 Å². The van der Waals surface area contributed by atoms with E-state index in [2.05, 4.69) is 0 Å². The smallest absolute Gasteiger partial charge is 0.269 e. The number of fused-ring (bicyclic) bond motifs is 1. The van der Waals surface area contributed by atoms with Crippen molar-refractivity contribution in [2.75, 3.05) is 27.8 Å². The molecule has 0 atom stereocenters. The molecule has 0 saturated heterocycles. The first-order valence-electron chi connectivity index (χ1n) is 8.40. The molecule has 2 amide bonds. The number of hydrogen-bond acceptors (Lipinski definition) is 6. The minimum atomic E-state index is -4.02. The molecule has 0 saturated carbocycles. The molecule has 8 nitrogen and oxygen atoms in total. The van der Waals surface area contributed by atoms with Gasteiger partial charge in [0.05, 0.1) is 19.8 Å². The molecular weight excluding hydrogens is 384 g/mol. The maximum absolute atomic E-state index is 12.6. The number of benzene rings is 2. The molecule has 2 aromatic carbocycles. The van der Waals surface area contributed by atoms with Gasteiger partial charge in [0.15, 0.2) is 11.5 Å². The molecule has 0 aliphatic carbocycles. The standard InChI is InChI=1S/C19H20N2O6S/c1-20(11-13-8-9-15(26-2)16(10-13)27-3)18(22)12-21-19(23)14-6-4-5-7-17(14)28(21,24)25/h4-10H,11-12H2,1-3H3. The van der Waals surface area contributed by atoms with Gasteiger partial charge in [-0.1, -0.05) is 18.2 Å². The molecule has 3 rings (SSSR count). The van der Waals surface area contributed by atoms with Gasteiger partial charge in [-0.15, -0.1) is 0 Å². The Balaban J connectivity index is 1.74. The van der Waals surface area contributed by atoms with E-state index in [1.54, 1.807) is 31.3 Å². The summed E-state index contributed by atoms with van der Waals surface area (Å²) in [6.07, 6.45) is 0. The lowest BCUT2D eigenvalue weighted by Gasteiger charge is -2.21. The highest BCUT2D eigenvalue weighted by Gasteiger charge is 2.42. The number of carbonyl (C=O) groups excluding carboxylic acids is 2. The van der Waals surface area contributed by atoms with Crippen molar-refractivity contribution in [3.8, 4) is 11.5 Å². The van der Waals surface area contributed by atoms with Crippen LogP contribution in [0, 0.1) is 0 Å². The van der Waals surface area contributed by atoms with Crippen LogP contribution in [0.1, 0.15) is 15.9 Å². The van der Waals surface area contributed by atoms with Crippen molar-refractivity contribution in [2.24, 2.45) is 0 Å². The number of methoxy groups -OCH3 is 2. The predicted molar refractivity (Wildman–Crippen MR) is 101 cm³/mol. The normalized spacial score (nSPS) is 14.5. The van der Waals surface area contributed by atoms with Crippen LogP contribution < -0.4 is 9.47 Å². The van der Waals surface area contributed by atoms with Crippen molar-refractivity contribution < 1.29 is 27.5 Å². The Labute approximate surface area is 163 Å². The Morgan fingerprint density at radius 1 is 1.07 bits per heavy atom. The summed E-state index contributed by atoms with van der Waals surface area (Å²) in [7, 11) is 0.562. The monoisotopic (exact) mass is 404 g/mol. The van der Waals surface area contributed by atoms with E-state index < -0.39 is 28.4 Å². The van der Waals surface area contributed by atoms with E-state index in [0.717, 1.165) is 5.56 Å². The van der Waals surface area contributed by atoms with Crippen LogP contribution in [0.2, 0.25) is 0 Å². The summed E-state index contributed by atoms with van der Waals surface area (Å²) in [6.45, 7) is -0.339. The van der Waals surface area contributed by atoms with E-state index in [4.69, 9.17) is 9.47 Å². The Kier molecular flexibility index (Phi) is 5.28. The lowest BCUT2D eigenvalue weighted by atomic mass is 10.2. The van der Waals surface area contributed by atoms with Crippen molar-refractivity contribution in [3.05, 3.63) is 53.6 Å². The van der Waals surface area contributed by atoms with Gasteiger partial charge in [0, 0.05) is 13.6 Å². The number of likely N-dealkylation sites (N-methyl/N-ethyl adjacent to an activating group) is 1. The fraction of sp³-hybridized carbons (Fsp3) is 0.263. The molecule has 0 unspecified atom stereocenters. The van der Waals surface area contributed by atoms with E-state index in [0.29, 0.717) is 15.8 Å². The van der Waals surface area contributed by atoms with Crippen molar-refractivity contribution in [1.29, 1.82) is 0 Å². The van der Waals surface area contributed by atoms with Crippen LogP contribution >= 0.6 is 0 Å². The summed E-state index contributed by atoms with van der Waals surface area (Å²) in [5, 5.41) is 0. The summed E-state index contributed by atoms with van der Waals surface area (Å²) >= 11 is 0. The molecule has 148 valence electrons. The van der Waals surface area contributed by atoms with E-state index in [1.165, 1.54) is 37.3 Å². The van der Waals surface area contributed by atoms with Crippen LogP contribution in [-0.2, 0) is 21.4 Å². The number of carbonyl (C=O) groups is 2. The fourth-order valence-corrected chi connectivity index (χ4v) is 4.49. The fourth-order valence-electron chi connectivity index (χ4n) is 2.97. The minimum Gasteiger partial charge on any atom is -0.493 e. The van der Waals surface area contributed by atoms with Crippen molar-refractivity contribution in [1.82, 2.24) is 9.21 Å². The summed E-state index contributed by atoms with van der Waals surface area (Å²) in [6, 6.07) is 11.2. The third-order valence-electron chi connectivity index (χ3n) is 4.48. The van der Waals surface area contributed by atoms with E-state index in [-0.39, 0.29) is 17.0 Å². The topological polar surface area (TPSA) is 93.2 Å². The molecule has 1 aliphatic heterocycles. The van der Waals surface area contributed by atoms with Gasteiger partial charge in [-0.05, 0) is 29.8 Å². The van der Waals surface area contributed by atoms with Gasteiger partial charge in [-0.3, -0.25) is 9.59 Å². The average Bonchev–Trinajstić information content (AvgIpc) is 2.88. The van der Waals surface area contributed by atoms with Crippen LogP contribution in [0.3, 0.4) is 0 Å². The molecular formula is C19H20N2O6S. The van der Waals surface area contributed by atoms with E-state index in [9.17, 15) is 18.0 Å². The second-order valence-corrected chi connectivity index (χ2v) is 8.08. The number of ether oxygens (including phenoxy) is 2. The average molecular weight is 404 g/mol. The summed E-state index contributed by atoms with van der Waals surface area (Å²) in [5.74, 6) is -0.108. The number of sulfonamides is 1. The quantitative estimate of drug-likeness (QED) is 0.725. The van der Waals surface area contributed by atoms with Crippen LogP contribution in [0.15, 0.2) is 47.4 Å². The van der Waals surface area contributed by atoms with Crippen LogP contribution in [0.25, 0.3) is 0 Å². The second kappa shape index (κ2) is 7.51. The lowest BCUT2D eigenvalue weighted by molar-refractivity contribution is -0.130. The molecule has 0 spiro atoms. The van der Waals surface area contributed by atoms with Crippen LogP contribution in [0.5, 0.6) is 11.5 Å². The number of rotatable bonds is 6. The van der Waals surface area contributed by atoms with Gasteiger partial charge < -0.3 is 14.4 Å². The molecule has 1 aliphatic rings. The number of amides is 2. The van der Waals surface area contributed by atoms with Crippen LogP contribution in [0.4, 0.5) is 0 Å². The summed E-state index contributed by atoms with van der Waals surface area (Å²) in [4.78, 5) is 26.3. The highest BCUT2D eigenvalue weighted by atomic mass is 32.2. The zero-order valence-electron chi connectivity index (χ0n) is 15.7. The third kappa shape index (κ3) is 3.40. The minimum absolute atomic E-state index is 0.0738. The Bertz CT molecular complexity index is 1030. The van der Waals surface area contributed by atoms with Gasteiger partial charge in [0.25, 0.3) is 15.9 Å². The lowest BCUT2D eigenvalue weighted by Crippen LogP contribution is -2.40. The Morgan fingerprint density at radius 2 is 1.75 bits per heavy atom. The first-order chi connectivity index (χ1) is 13.3. The van der Waals surface area contributed by atoms with E-state index >= 15 is 0 Å².